The summed E-state index contributed by atoms with van der Waals surface area (Å²) in [5.41, 5.74) is 1.07. The van der Waals surface area contributed by atoms with Crippen molar-refractivity contribution in [2.75, 3.05) is 0 Å². The fourth-order valence-corrected chi connectivity index (χ4v) is 1.88. The lowest BCUT2D eigenvalue weighted by atomic mass is 10.3. The van der Waals surface area contributed by atoms with Gasteiger partial charge in [-0.05, 0) is 44.4 Å². The predicted octanol–water partition coefficient (Wildman–Crippen LogP) is 2.38. The Labute approximate surface area is 115 Å². The van der Waals surface area contributed by atoms with Crippen molar-refractivity contribution in [2.45, 2.75) is 38.7 Å². The molecule has 1 fully saturated rings. The van der Waals surface area contributed by atoms with Gasteiger partial charge < -0.3 is 4.74 Å². The quantitative estimate of drug-likeness (QED) is 0.860. The van der Waals surface area contributed by atoms with E-state index in [9.17, 15) is 0 Å². The second-order valence-corrected chi connectivity index (χ2v) is 5.15. The molecule has 3 rings (SSSR count). The molecular weight excluding hydrogens is 266 g/mol. The normalized spacial score (nSPS) is 14.9. The molecule has 100 valence electrons. The molecule has 0 aliphatic heterocycles. The van der Waals surface area contributed by atoms with Gasteiger partial charge in [0.2, 0.25) is 5.28 Å². The highest BCUT2D eigenvalue weighted by molar-refractivity contribution is 6.28. The number of halogens is 1. The SMILES string of the molecule is CC(C)Oc1nc(Cl)nc(-n2ccc(C3CC3)n2)n1. The number of hydrogen-bond acceptors (Lipinski definition) is 5. The van der Waals surface area contributed by atoms with Crippen molar-refractivity contribution in [3.8, 4) is 12.0 Å². The molecule has 1 aliphatic rings. The smallest absolute Gasteiger partial charge is 0.322 e. The van der Waals surface area contributed by atoms with Crippen LogP contribution in [0.1, 0.15) is 38.3 Å². The van der Waals surface area contributed by atoms with E-state index >= 15 is 0 Å². The molecule has 2 aromatic heterocycles. The zero-order valence-electron chi connectivity index (χ0n) is 10.7. The topological polar surface area (TPSA) is 65.7 Å². The molecule has 0 N–H and O–H groups in total. The van der Waals surface area contributed by atoms with Gasteiger partial charge in [-0.1, -0.05) is 0 Å². The van der Waals surface area contributed by atoms with E-state index in [-0.39, 0.29) is 17.4 Å². The average Bonchev–Trinajstić information content (AvgIpc) is 3.05. The standard InChI is InChI=1S/C12H14ClN5O/c1-7(2)19-12-15-10(13)14-11(16-12)18-6-5-9(17-18)8-3-4-8/h5-8H,3-4H2,1-2H3. The number of hydrogen-bond donors (Lipinski definition) is 0. The van der Waals surface area contributed by atoms with Crippen molar-refractivity contribution in [3.05, 3.63) is 23.2 Å². The monoisotopic (exact) mass is 279 g/mol. The minimum Gasteiger partial charge on any atom is -0.461 e. The minimum absolute atomic E-state index is 0.0223. The van der Waals surface area contributed by atoms with E-state index in [0.29, 0.717) is 11.9 Å². The van der Waals surface area contributed by atoms with Crippen LogP contribution < -0.4 is 4.74 Å². The van der Waals surface area contributed by atoms with Crippen LogP contribution in [-0.4, -0.2) is 30.8 Å². The van der Waals surface area contributed by atoms with E-state index in [1.54, 1.807) is 4.68 Å². The zero-order chi connectivity index (χ0) is 13.4. The Balaban J connectivity index is 1.91. The van der Waals surface area contributed by atoms with Crippen molar-refractivity contribution in [1.29, 1.82) is 0 Å². The lowest BCUT2D eigenvalue weighted by molar-refractivity contribution is 0.221. The summed E-state index contributed by atoms with van der Waals surface area (Å²) in [5, 5.41) is 4.55. The van der Waals surface area contributed by atoms with E-state index < -0.39 is 0 Å². The third kappa shape index (κ3) is 2.84. The summed E-state index contributed by atoms with van der Waals surface area (Å²) in [6.45, 7) is 3.80. The van der Waals surface area contributed by atoms with Crippen LogP contribution in [0.15, 0.2) is 12.3 Å². The van der Waals surface area contributed by atoms with Gasteiger partial charge in [-0.3, -0.25) is 0 Å². The molecule has 0 radical (unpaired) electrons. The van der Waals surface area contributed by atoms with Crippen molar-refractivity contribution < 1.29 is 4.74 Å². The minimum atomic E-state index is -0.0223. The molecule has 7 heteroatoms. The maximum Gasteiger partial charge on any atom is 0.322 e. The molecule has 0 atom stereocenters. The van der Waals surface area contributed by atoms with Gasteiger partial charge in [0, 0.05) is 12.1 Å². The number of rotatable bonds is 4. The van der Waals surface area contributed by atoms with Gasteiger partial charge in [0.25, 0.3) is 5.95 Å². The highest BCUT2D eigenvalue weighted by atomic mass is 35.5. The maximum absolute atomic E-state index is 5.88. The van der Waals surface area contributed by atoms with Gasteiger partial charge in [-0.15, -0.1) is 0 Å². The molecule has 6 nitrogen and oxygen atoms in total. The molecule has 0 amide bonds. The number of aromatic nitrogens is 5. The first-order chi connectivity index (χ1) is 9.11. The van der Waals surface area contributed by atoms with Crippen molar-refractivity contribution >= 4 is 11.6 Å². The fourth-order valence-electron chi connectivity index (χ4n) is 1.73. The zero-order valence-corrected chi connectivity index (χ0v) is 11.5. The van der Waals surface area contributed by atoms with Crippen molar-refractivity contribution in [1.82, 2.24) is 24.7 Å². The fraction of sp³-hybridized carbons (Fsp3) is 0.500. The predicted molar refractivity (Wildman–Crippen MR) is 69.7 cm³/mol. The third-order valence-electron chi connectivity index (χ3n) is 2.73. The first-order valence-corrected chi connectivity index (χ1v) is 6.64. The molecule has 0 unspecified atom stereocenters. The molecule has 2 heterocycles. The van der Waals surface area contributed by atoms with Gasteiger partial charge in [0.15, 0.2) is 0 Å². The maximum atomic E-state index is 5.88. The lowest BCUT2D eigenvalue weighted by Gasteiger charge is -2.08. The molecule has 0 aromatic carbocycles. The van der Waals surface area contributed by atoms with E-state index in [1.165, 1.54) is 12.8 Å². The highest BCUT2D eigenvalue weighted by Crippen LogP contribution is 2.38. The van der Waals surface area contributed by atoms with Crippen LogP contribution in [-0.2, 0) is 0 Å². The summed E-state index contributed by atoms with van der Waals surface area (Å²) < 4.78 is 7.04. The van der Waals surface area contributed by atoms with Crippen LogP contribution in [0.5, 0.6) is 6.01 Å². The van der Waals surface area contributed by atoms with Crippen LogP contribution in [0, 0.1) is 0 Å². The number of nitrogens with zero attached hydrogens (tertiary/aromatic N) is 5. The molecule has 0 saturated heterocycles. The second kappa shape index (κ2) is 4.77. The Hall–Kier alpha value is -1.69. The Morgan fingerprint density at radius 2 is 2.11 bits per heavy atom. The van der Waals surface area contributed by atoms with Crippen molar-refractivity contribution in [2.24, 2.45) is 0 Å². The summed E-state index contributed by atoms with van der Waals surface area (Å²) in [4.78, 5) is 12.2. The first kappa shape index (κ1) is 12.3. The van der Waals surface area contributed by atoms with Gasteiger partial charge in [-0.2, -0.15) is 20.1 Å². The molecule has 1 saturated carbocycles. The summed E-state index contributed by atoms with van der Waals surface area (Å²) in [7, 11) is 0. The Morgan fingerprint density at radius 1 is 1.32 bits per heavy atom. The van der Waals surface area contributed by atoms with Crippen molar-refractivity contribution in [3.63, 3.8) is 0 Å². The summed E-state index contributed by atoms with van der Waals surface area (Å²) in [6.07, 6.45) is 4.22. The molecular formula is C12H14ClN5O. The molecule has 0 spiro atoms. The number of ether oxygens (including phenoxy) is 1. The Kier molecular flexibility index (Phi) is 3.10. The summed E-state index contributed by atoms with van der Waals surface area (Å²) in [6, 6.07) is 2.20. The molecule has 0 bridgehead atoms. The van der Waals surface area contributed by atoms with Gasteiger partial charge in [0.05, 0.1) is 11.8 Å². The van der Waals surface area contributed by atoms with Gasteiger partial charge in [0.1, 0.15) is 0 Å². The second-order valence-electron chi connectivity index (χ2n) is 4.81. The van der Waals surface area contributed by atoms with Gasteiger partial charge >= 0.3 is 6.01 Å². The van der Waals surface area contributed by atoms with Crippen LogP contribution >= 0.6 is 11.6 Å². The lowest BCUT2D eigenvalue weighted by Crippen LogP contribution is -2.11. The third-order valence-corrected chi connectivity index (χ3v) is 2.90. The van der Waals surface area contributed by atoms with E-state index in [4.69, 9.17) is 16.3 Å². The summed E-state index contributed by atoms with van der Waals surface area (Å²) in [5.74, 6) is 0.965. The first-order valence-electron chi connectivity index (χ1n) is 6.26. The Bertz CT molecular complexity index is 594. The van der Waals surface area contributed by atoms with E-state index in [0.717, 1.165) is 5.69 Å². The van der Waals surface area contributed by atoms with E-state index in [2.05, 4.69) is 20.1 Å². The Morgan fingerprint density at radius 3 is 2.79 bits per heavy atom. The largest absolute Gasteiger partial charge is 0.461 e. The molecule has 2 aromatic rings. The molecule has 19 heavy (non-hydrogen) atoms. The van der Waals surface area contributed by atoms with Crippen LogP contribution in [0.25, 0.3) is 5.95 Å². The average molecular weight is 280 g/mol. The highest BCUT2D eigenvalue weighted by Gasteiger charge is 2.26. The summed E-state index contributed by atoms with van der Waals surface area (Å²) >= 11 is 5.88. The van der Waals surface area contributed by atoms with Crippen LogP contribution in [0.2, 0.25) is 5.28 Å². The van der Waals surface area contributed by atoms with Crippen LogP contribution in [0.3, 0.4) is 0 Å². The molecule has 1 aliphatic carbocycles. The van der Waals surface area contributed by atoms with Crippen LogP contribution in [0.4, 0.5) is 0 Å². The van der Waals surface area contributed by atoms with E-state index in [1.807, 2.05) is 26.1 Å². The van der Waals surface area contributed by atoms with Gasteiger partial charge in [-0.25, -0.2) is 4.68 Å².